The van der Waals surface area contributed by atoms with Crippen LogP contribution in [0.5, 0.6) is 0 Å². The molecule has 0 amide bonds. The summed E-state index contributed by atoms with van der Waals surface area (Å²) >= 11 is 0. The maximum atomic E-state index is 6.30. The number of nitrogens with two attached hydrogens (primary N) is 2. The molecule has 0 saturated carbocycles. The highest BCUT2D eigenvalue weighted by atomic mass is 14.7. The zero-order valence-electron chi connectivity index (χ0n) is 14.6. The van der Waals surface area contributed by atoms with Gasteiger partial charge in [-0.3, -0.25) is 0 Å². The Balaban J connectivity index is 3.36. The second kappa shape index (κ2) is 11.6. The van der Waals surface area contributed by atoms with Gasteiger partial charge >= 0.3 is 0 Å². The molecule has 0 radical (unpaired) electrons. The Morgan fingerprint density at radius 1 is 0.750 bits per heavy atom. The van der Waals surface area contributed by atoms with Crippen molar-refractivity contribution in [2.24, 2.45) is 22.8 Å². The molecular weight excluding hydrogens is 244 g/mol. The summed E-state index contributed by atoms with van der Waals surface area (Å²) in [5.41, 5.74) is 12.1. The molecule has 0 fully saturated rings. The molecule has 4 N–H and O–H groups in total. The first-order valence-electron chi connectivity index (χ1n) is 8.85. The fraction of sp³-hybridized carbons (Fsp3) is 1.00. The van der Waals surface area contributed by atoms with Crippen LogP contribution in [-0.4, -0.2) is 12.6 Å². The van der Waals surface area contributed by atoms with Crippen LogP contribution in [0.3, 0.4) is 0 Å². The molecule has 0 spiro atoms. The van der Waals surface area contributed by atoms with Crippen molar-refractivity contribution in [2.45, 2.75) is 97.9 Å². The first-order valence-corrected chi connectivity index (χ1v) is 8.85. The van der Waals surface area contributed by atoms with Crippen LogP contribution in [0, 0.1) is 11.3 Å². The molecule has 0 aromatic carbocycles. The van der Waals surface area contributed by atoms with Gasteiger partial charge in [0.2, 0.25) is 0 Å². The Morgan fingerprint density at radius 2 is 1.15 bits per heavy atom. The van der Waals surface area contributed by atoms with Gasteiger partial charge in [0.1, 0.15) is 0 Å². The van der Waals surface area contributed by atoms with Crippen LogP contribution < -0.4 is 11.5 Å². The summed E-state index contributed by atoms with van der Waals surface area (Å²) in [6, 6.07) is 0.367. The van der Waals surface area contributed by atoms with Gasteiger partial charge in [0.25, 0.3) is 0 Å². The molecule has 0 aromatic rings. The van der Waals surface area contributed by atoms with E-state index < -0.39 is 0 Å². The predicted molar refractivity (Wildman–Crippen MR) is 91.8 cm³/mol. The molecule has 2 heteroatoms. The second-order valence-corrected chi connectivity index (χ2v) is 7.58. The van der Waals surface area contributed by atoms with E-state index in [1.807, 2.05) is 0 Å². The highest BCUT2D eigenvalue weighted by Crippen LogP contribution is 2.29. The Hall–Kier alpha value is -0.0800. The SMILES string of the molecule is CC(C(N)CCCCCCCCCCCN)C(C)(C)C. The van der Waals surface area contributed by atoms with E-state index in [0.29, 0.717) is 17.4 Å². The lowest BCUT2D eigenvalue weighted by Crippen LogP contribution is -2.36. The Kier molecular flexibility index (Phi) is 11.5. The van der Waals surface area contributed by atoms with Gasteiger partial charge in [-0.15, -0.1) is 0 Å². The topological polar surface area (TPSA) is 52.0 Å². The maximum absolute atomic E-state index is 6.30. The maximum Gasteiger partial charge on any atom is 0.00695 e. The highest BCUT2D eigenvalue weighted by Gasteiger charge is 2.25. The first kappa shape index (κ1) is 19.9. The fourth-order valence-electron chi connectivity index (χ4n) is 2.65. The average Bonchev–Trinajstić information content (AvgIpc) is 2.38. The van der Waals surface area contributed by atoms with Gasteiger partial charge in [-0.25, -0.2) is 0 Å². The zero-order chi connectivity index (χ0) is 15.4. The van der Waals surface area contributed by atoms with Gasteiger partial charge in [-0.1, -0.05) is 79.1 Å². The van der Waals surface area contributed by atoms with Crippen LogP contribution in [0.25, 0.3) is 0 Å². The molecule has 0 aliphatic carbocycles. The zero-order valence-corrected chi connectivity index (χ0v) is 14.6. The van der Waals surface area contributed by atoms with Crippen molar-refractivity contribution >= 4 is 0 Å². The third kappa shape index (κ3) is 10.7. The lowest BCUT2D eigenvalue weighted by Gasteiger charge is -2.32. The normalized spacial score (nSPS) is 15.3. The van der Waals surface area contributed by atoms with Crippen LogP contribution in [0.1, 0.15) is 91.9 Å². The van der Waals surface area contributed by atoms with E-state index in [4.69, 9.17) is 11.5 Å². The third-order valence-electron chi connectivity index (χ3n) is 4.75. The molecule has 0 aromatic heterocycles. The molecule has 0 saturated heterocycles. The van der Waals surface area contributed by atoms with E-state index >= 15 is 0 Å². The predicted octanol–water partition coefficient (Wildman–Crippen LogP) is 4.86. The standard InChI is InChI=1S/C18H40N2/c1-16(18(2,3)4)17(20)14-12-10-8-6-5-7-9-11-13-15-19/h16-17H,5-15,19-20H2,1-4H3. The molecule has 0 aliphatic heterocycles. The number of unbranched alkanes of at least 4 members (excludes halogenated alkanes) is 8. The van der Waals surface area contributed by atoms with E-state index in [9.17, 15) is 0 Å². The molecule has 2 unspecified atom stereocenters. The Labute approximate surface area is 128 Å². The van der Waals surface area contributed by atoms with Gasteiger partial charge in [0.05, 0.1) is 0 Å². The van der Waals surface area contributed by atoms with E-state index in [2.05, 4.69) is 27.7 Å². The van der Waals surface area contributed by atoms with Crippen molar-refractivity contribution in [1.29, 1.82) is 0 Å². The van der Waals surface area contributed by atoms with Crippen LogP contribution in [-0.2, 0) is 0 Å². The average molecular weight is 285 g/mol. The van der Waals surface area contributed by atoms with Gasteiger partial charge < -0.3 is 11.5 Å². The minimum atomic E-state index is 0.336. The summed E-state index contributed by atoms with van der Waals surface area (Å²) in [5.74, 6) is 0.602. The van der Waals surface area contributed by atoms with Crippen molar-refractivity contribution in [3.8, 4) is 0 Å². The van der Waals surface area contributed by atoms with Crippen LogP contribution >= 0.6 is 0 Å². The minimum Gasteiger partial charge on any atom is -0.330 e. The Bertz CT molecular complexity index is 208. The van der Waals surface area contributed by atoms with Crippen molar-refractivity contribution in [2.75, 3.05) is 6.54 Å². The van der Waals surface area contributed by atoms with Crippen LogP contribution in [0.4, 0.5) is 0 Å². The van der Waals surface area contributed by atoms with Gasteiger partial charge in [-0.05, 0) is 30.7 Å². The third-order valence-corrected chi connectivity index (χ3v) is 4.75. The number of hydrogen-bond donors (Lipinski definition) is 2. The lowest BCUT2D eigenvalue weighted by molar-refractivity contribution is 0.212. The summed E-state index contributed by atoms with van der Waals surface area (Å²) < 4.78 is 0. The van der Waals surface area contributed by atoms with Gasteiger partial charge in [-0.2, -0.15) is 0 Å². The summed E-state index contributed by atoms with van der Waals surface area (Å²) in [7, 11) is 0. The monoisotopic (exact) mass is 284 g/mol. The lowest BCUT2D eigenvalue weighted by atomic mass is 9.76. The number of hydrogen-bond acceptors (Lipinski definition) is 2. The molecular formula is C18H40N2. The van der Waals surface area contributed by atoms with Crippen molar-refractivity contribution < 1.29 is 0 Å². The quantitative estimate of drug-likeness (QED) is 0.503. The summed E-state index contributed by atoms with van der Waals surface area (Å²) in [6.07, 6.45) is 13.3. The van der Waals surface area contributed by atoms with Crippen LogP contribution in [0.2, 0.25) is 0 Å². The molecule has 20 heavy (non-hydrogen) atoms. The van der Waals surface area contributed by atoms with E-state index in [1.54, 1.807) is 0 Å². The Morgan fingerprint density at radius 3 is 1.55 bits per heavy atom. The molecule has 2 atom stereocenters. The summed E-state index contributed by atoms with van der Waals surface area (Å²) in [5, 5.41) is 0. The smallest absolute Gasteiger partial charge is 0.00695 e. The van der Waals surface area contributed by atoms with Gasteiger partial charge in [0.15, 0.2) is 0 Å². The summed E-state index contributed by atoms with van der Waals surface area (Å²) in [4.78, 5) is 0. The van der Waals surface area contributed by atoms with Crippen molar-refractivity contribution in [3.05, 3.63) is 0 Å². The van der Waals surface area contributed by atoms with E-state index in [-0.39, 0.29) is 0 Å². The molecule has 0 aliphatic rings. The van der Waals surface area contributed by atoms with Crippen LogP contribution in [0.15, 0.2) is 0 Å². The molecule has 2 nitrogen and oxygen atoms in total. The largest absolute Gasteiger partial charge is 0.330 e. The van der Waals surface area contributed by atoms with Crippen molar-refractivity contribution in [1.82, 2.24) is 0 Å². The van der Waals surface area contributed by atoms with E-state index in [1.165, 1.54) is 64.2 Å². The molecule has 0 rings (SSSR count). The summed E-state index contributed by atoms with van der Waals surface area (Å²) in [6.45, 7) is 10.0. The minimum absolute atomic E-state index is 0.336. The molecule has 0 bridgehead atoms. The fourth-order valence-corrected chi connectivity index (χ4v) is 2.65. The number of rotatable bonds is 12. The van der Waals surface area contributed by atoms with E-state index in [0.717, 1.165) is 6.54 Å². The second-order valence-electron chi connectivity index (χ2n) is 7.58. The molecule has 0 heterocycles. The van der Waals surface area contributed by atoms with Crippen molar-refractivity contribution in [3.63, 3.8) is 0 Å². The molecule has 122 valence electrons. The van der Waals surface area contributed by atoms with Gasteiger partial charge in [0, 0.05) is 6.04 Å². The first-order chi connectivity index (χ1) is 9.39. The highest BCUT2D eigenvalue weighted by molar-refractivity contribution is 4.79.